The summed E-state index contributed by atoms with van der Waals surface area (Å²) in [5.74, 6) is 0.727. The molecule has 0 heterocycles. The van der Waals surface area contributed by atoms with Crippen molar-refractivity contribution in [1.82, 2.24) is 5.32 Å². The van der Waals surface area contributed by atoms with Gasteiger partial charge < -0.3 is 19.9 Å². The van der Waals surface area contributed by atoms with Gasteiger partial charge in [-0.25, -0.2) is 0 Å². The van der Waals surface area contributed by atoms with Gasteiger partial charge in [0, 0.05) is 13.2 Å². The maximum Gasteiger partial charge on any atom is 0.387 e. The molecule has 2 N–H and O–H groups in total. The molecule has 1 unspecified atom stereocenters. The molecule has 1 aromatic rings. The van der Waals surface area contributed by atoms with Crippen molar-refractivity contribution >= 4 is 0 Å². The first kappa shape index (κ1) is 17.7. The Morgan fingerprint density at radius 2 is 2.05 bits per heavy atom. The Labute approximate surface area is 124 Å². The number of benzene rings is 1. The smallest absolute Gasteiger partial charge is 0.387 e. The van der Waals surface area contributed by atoms with E-state index in [4.69, 9.17) is 9.84 Å². The van der Waals surface area contributed by atoms with Gasteiger partial charge in [-0.15, -0.1) is 0 Å². The third-order valence-corrected chi connectivity index (χ3v) is 3.32. The van der Waals surface area contributed by atoms with E-state index >= 15 is 0 Å². The van der Waals surface area contributed by atoms with Gasteiger partial charge in [-0.1, -0.05) is 19.4 Å². The third-order valence-electron chi connectivity index (χ3n) is 3.32. The Morgan fingerprint density at radius 3 is 2.62 bits per heavy atom. The second kappa shape index (κ2) is 9.52. The molecule has 21 heavy (non-hydrogen) atoms. The van der Waals surface area contributed by atoms with E-state index in [1.807, 2.05) is 0 Å². The van der Waals surface area contributed by atoms with Crippen LogP contribution in [0.25, 0.3) is 0 Å². The molecule has 120 valence electrons. The Morgan fingerprint density at radius 1 is 1.29 bits per heavy atom. The number of aliphatic hydroxyl groups is 1. The summed E-state index contributed by atoms with van der Waals surface area (Å²) < 4.78 is 34.1. The number of hydrogen-bond acceptors (Lipinski definition) is 4. The van der Waals surface area contributed by atoms with Gasteiger partial charge >= 0.3 is 6.61 Å². The van der Waals surface area contributed by atoms with Crippen LogP contribution in [0.3, 0.4) is 0 Å². The number of alkyl halides is 2. The molecule has 4 nitrogen and oxygen atoms in total. The zero-order valence-corrected chi connectivity index (χ0v) is 12.4. The second-order valence-corrected chi connectivity index (χ2v) is 4.78. The predicted molar refractivity (Wildman–Crippen MR) is 76.8 cm³/mol. The average molecular weight is 303 g/mol. The number of methoxy groups -OCH3 is 1. The Kier molecular flexibility index (Phi) is 8.00. The van der Waals surface area contributed by atoms with E-state index < -0.39 is 6.61 Å². The fourth-order valence-corrected chi connectivity index (χ4v) is 2.07. The van der Waals surface area contributed by atoms with Crippen molar-refractivity contribution in [2.75, 3.05) is 20.3 Å². The van der Waals surface area contributed by atoms with Crippen LogP contribution in [-0.2, 0) is 6.54 Å². The van der Waals surface area contributed by atoms with Crippen LogP contribution in [0.15, 0.2) is 18.2 Å². The molecule has 0 aliphatic carbocycles. The molecule has 1 aromatic carbocycles. The van der Waals surface area contributed by atoms with Gasteiger partial charge in [0.1, 0.15) is 0 Å². The number of hydrogen-bond donors (Lipinski definition) is 2. The third kappa shape index (κ3) is 6.27. The summed E-state index contributed by atoms with van der Waals surface area (Å²) in [4.78, 5) is 0. The molecule has 1 rings (SSSR count). The molecule has 0 radical (unpaired) electrons. The van der Waals surface area contributed by atoms with Gasteiger partial charge in [-0.05, 0) is 36.6 Å². The predicted octanol–water partition coefficient (Wildman–Crippen LogP) is 2.79. The molecule has 0 aliphatic rings. The van der Waals surface area contributed by atoms with Crippen LogP contribution in [0.2, 0.25) is 0 Å². The van der Waals surface area contributed by atoms with Crippen LogP contribution in [0, 0.1) is 5.92 Å². The van der Waals surface area contributed by atoms with Crippen LogP contribution >= 0.6 is 0 Å². The average Bonchev–Trinajstić information content (AvgIpc) is 2.46. The lowest BCUT2D eigenvalue weighted by Gasteiger charge is -2.15. The summed E-state index contributed by atoms with van der Waals surface area (Å²) in [7, 11) is 1.41. The molecule has 1 atom stereocenters. The fourth-order valence-electron chi connectivity index (χ4n) is 2.07. The van der Waals surface area contributed by atoms with Crippen LogP contribution < -0.4 is 14.8 Å². The van der Waals surface area contributed by atoms with Gasteiger partial charge in [0.15, 0.2) is 11.5 Å². The lowest BCUT2D eigenvalue weighted by Crippen LogP contribution is -2.23. The molecule has 0 saturated carbocycles. The number of rotatable bonds is 10. The van der Waals surface area contributed by atoms with Crippen molar-refractivity contribution in [2.45, 2.75) is 32.9 Å². The largest absolute Gasteiger partial charge is 0.493 e. The highest BCUT2D eigenvalue weighted by atomic mass is 19.3. The van der Waals surface area contributed by atoms with Crippen molar-refractivity contribution in [3.8, 4) is 11.5 Å². The number of aliphatic hydroxyl groups excluding tert-OH is 1. The van der Waals surface area contributed by atoms with Gasteiger partial charge in [0.25, 0.3) is 0 Å². The first-order valence-electron chi connectivity index (χ1n) is 7.04. The summed E-state index contributed by atoms with van der Waals surface area (Å²) in [6, 6.07) is 4.96. The molecule has 0 saturated heterocycles. The van der Waals surface area contributed by atoms with E-state index in [0.717, 1.165) is 24.9 Å². The highest BCUT2D eigenvalue weighted by Crippen LogP contribution is 2.29. The van der Waals surface area contributed by atoms with Crippen LogP contribution in [0.1, 0.15) is 25.3 Å². The number of halogens is 2. The van der Waals surface area contributed by atoms with Crippen molar-refractivity contribution in [2.24, 2.45) is 5.92 Å². The summed E-state index contributed by atoms with van der Waals surface area (Å²) >= 11 is 0. The van der Waals surface area contributed by atoms with Gasteiger partial charge in [0.05, 0.1) is 7.11 Å². The first-order chi connectivity index (χ1) is 10.1. The van der Waals surface area contributed by atoms with E-state index in [-0.39, 0.29) is 18.1 Å². The van der Waals surface area contributed by atoms with Crippen LogP contribution in [0.4, 0.5) is 8.78 Å². The fraction of sp³-hybridized carbons (Fsp3) is 0.600. The topological polar surface area (TPSA) is 50.7 Å². The zero-order valence-electron chi connectivity index (χ0n) is 12.4. The minimum absolute atomic E-state index is 0.0363. The lowest BCUT2D eigenvalue weighted by atomic mass is 10.0. The van der Waals surface area contributed by atoms with Crippen LogP contribution in [-0.4, -0.2) is 32.0 Å². The molecule has 0 aromatic heterocycles. The lowest BCUT2D eigenvalue weighted by molar-refractivity contribution is -0.0512. The number of ether oxygens (including phenoxy) is 2. The summed E-state index contributed by atoms with van der Waals surface area (Å²) in [6.45, 7) is 0.690. The van der Waals surface area contributed by atoms with Gasteiger partial charge in [-0.3, -0.25) is 0 Å². The van der Waals surface area contributed by atoms with E-state index in [0.29, 0.717) is 12.5 Å². The van der Waals surface area contributed by atoms with Crippen molar-refractivity contribution in [3.05, 3.63) is 23.8 Å². The Bertz CT molecular complexity index is 416. The van der Waals surface area contributed by atoms with Crippen molar-refractivity contribution in [1.29, 1.82) is 0 Å². The molecule has 0 aliphatic heterocycles. The molecule has 0 amide bonds. The maximum absolute atomic E-state index is 12.3. The van der Waals surface area contributed by atoms with E-state index in [1.54, 1.807) is 18.2 Å². The highest BCUT2D eigenvalue weighted by Gasteiger charge is 2.11. The van der Waals surface area contributed by atoms with E-state index in [2.05, 4.69) is 17.0 Å². The minimum atomic E-state index is -2.88. The molecular formula is C15H23F2NO3. The van der Waals surface area contributed by atoms with Crippen LogP contribution in [0.5, 0.6) is 11.5 Å². The van der Waals surface area contributed by atoms with Crippen molar-refractivity contribution in [3.63, 3.8) is 0 Å². The summed E-state index contributed by atoms with van der Waals surface area (Å²) in [6.07, 6.45) is 1.74. The normalized spacial score (nSPS) is 12.5. The Hall–Kier alpha value is -1.40. The quantitative estimate of drug-likeness (QED) is 0.698. The van der Waals surface area contributed by atoms with Crippen molar-refractivity contribution < 1.29 is 23.4 Å². The van der Waals surface area contributed by atoms with Gasteiger partial charge in [-0.2, -0.15) is 8.78 Å². The Balaban J connectivity index is 2.59. The zero-order chi connectivity index (χ0) is 15.7. The SMILES string of the molecule is CCC(CCO)CNCc1ccc(OC)c(OC(F)F)c1. The number of nitrogens with one attached hydrogen (secondary N) is 1. The molecule has 6 heteroatoms. The monoisotopic (exact) mass is 303 g/mol. The molecular weight excluding hydrogens is 280 g/mol. The molecule has 0 fully saturated rings. The standard InChI is InChI=1S/C15H23F2NO3/c1-3-11(6-7-19)9-18-10-12-4-5-13(20-2)14(8-12)21-15(16)17/h4-5,8,11,15,18-19H,3,6-7,9-10H2,1-2H3. The minimum Gasteiger partial charge on any atom is -0.493 e. The first-order valence-corrected chi connectivity index (χ1v) is 7.04. The van der Waals surface area contributed by atoms with Gasteiger partial charge in [0.2, 0.25) is 0 Å². The molecule has 0 bridgehead atoms. The summed E-state index contributed by atoms with van der Waals surface area (Å²) in [5.41, 5.74) is 0.838. The second-order valence-electron chi connectivity index (χ2n) is 4.78. The highest BCUT2D eigenvalue weighted by molar-refractivity contribution is 5.42. The summed E-state index contributed by atoms with van der Waals surface area (Å²) in [5, 5.41) is 12.2. The molecule has 0 spiro atoms. The van der Waals surface area contributed by atoms with E-state index in [9.17, 15) is 8.78 Å². The maximum atomic E-state index is 12.3. The van der Waals surface area contributed by atoms with E-state index in [1.165, 1.54) is 7.11 Å².